The molecule has 0 saturated heterocycles. The fourth-order valence-corrected chi connectivity index (χ4v) is 2.13. The van der Waals surface area contributed by atoms with Crippen LogP contribution in [0.3, 0.4) is 0 Å². The van der Waals surface area contributed by atoms with Gasteiger partial charge in [-0.15, -0.1) is 0 Å². The molecular formula is C14H24ClN3. The van der Waals surface area contributed by atoms with Crippen LogP contribution in [0.25, 0.3) is 0 Å². The molecule has 0 aromatic carbocycles. The largest absolute Gasteiger partial charge is 0.354 e. The molecule has 0 radical (unpaired) electrons. The van der Waals surface area contributed by atoms with Crippen LogP contribution in [0.2, 0.25) is 5.02 Å². The molecule has 1 aromatic rings. The topological polar surface area (TPSA) is 42.1 Å². The lowest BCUT2D eigenvalue weighted by atomic mass is 10.2. The number of nitrogens with zero attached hydrogens (tertiary/aromatic N) is 2. The van der Waals surface area contributed by atoms with Crippen molar-refractivity contribution < 1.29 is 0 Å². The van der Waals surface area contributed by atoms with Crippen LogP contribution in [0, 0.1) is 0 Å². The monoisotopic (exact) mass is 269 g/mol. The van der Waals surface area contributed by atoms with Crippen molar-refractivity contribution in [3.63, 3.8) is 0 Å². The zero-order valence-corrected chi connectivity index (χ0v) is 12.4. The molecule has 0 amide bonds. The van der Waals surface area contributed by atoms with Gasteiger partial charge in [0.25, 0.3) is 0 Å². The molecule has 0 bridgehead atoms. The molecule has 0 atom stereocenters. The van der Waals surface area contributed by atoms with Gasteiger partial charge < -0.3 is 10.6 Å². The van der Waals surface area contributed by atoms with Gasteiger partial charge >= 0.3 is 0 Å². The Morgan fingerprint density at radius 2 is 2.06 bits per heavy atom. The highest BCUT2D eigenvalue weighted by atomic mass is 35.5. The van der Waals surface area contributed by atoms with Crippen molar-refractivity contribution in [1.82, 2.24) is 4.98 Å². The lowest BCUT2D eigenvalue weighted by molar-refractivity contribution is 0.619. The van der Waals surface area contributed by atoms with E-state index in [9.17, 15) is 0 Å². The Morgan fingerprint density at radius 1 is 1.33 bits per heavy atom. The molecule has 18 heavy (non-hydrogen) atoms. The Morgan fingerprint density at radius 3 is 2.61 bits per heavy atom. The molecule has 102 valence electrons. The van der Waals surface area contributed by atoms with Crippen molar-refractivity contribution in [3.05, 3.63) is 22.8 Å². The van der Waals surface area contributed by atoms with E-state index in [0.717, 1.165) is 18.1 Å². The van der Waals surface area contributed by atoms with Gasteiger partial charge in [0.1, 0.15) is 5.82 Å². The van der Waals surface area contributed by atoms with Gasteiger partial charge in [-0.25, -0.2) is 4.98 Å². The predicted octanol–water partition coefficient (Wildman–Crippen LogP) is 3.60. The number of hydrogen-bond acceptors (Lipinski definition) is 3. The van der Waals surface area contributed by atoms with E-state index in [-0.39, 0.29) is 0 Å². The number of aromatic nitrogens is 1. The van der Waals surface area contributed by atoms with E-state index < -0.39 is 0 Å². The first-order valence-corrected chi connectivity index (χ1v) is 7.10. The summed E-state index contributed by atoms with van der Waals surface area (Å²) in [6.07, 6.45) is 3.67. The van der Waals surface area contributed by atoms with Crippen LogP contribution < -0.4 is 10.6 Å². The second-order valence-electron chi connectivity index (χ2n) is 4.80. The van der Waals surface area contributed by atoms with Crippen molar-refractivity contribution in [2.45, 2.75) is 52.6 Å². The molecule has 0 fully saturated rings. The van der Waals surface area contributed by atoms with Crippen molar-refractivity contribution in [3.8, 4) is 0 Å². The SMILES string of the molecule is CCCCCN(c1ccc(Cl)c(CN)n1)C(C)C. The number of anilines is 1. The van der Waals surface area contributed by atoms with Crippen molar-refractivity contribution in [1.29, 1.82) is 0 Å². The summed E-state index contributed by atoms with van der Waals surface area (Å²) in [4.78, 5) is 6.87. The van der Waals surface area contributed by atoms with E-state index in [1.54, 1.807) is 0 Å². The van der Waals surface area contributed by atoms with Crippen LogP contribution in [0.4, 0.5) is 5.82 Å². The first kappa shape index (κ1) is 15.3. The Bertz CT molecular complexity index is 366. The Hall–Kier alpha value is -0.800. The lowest BCUT2D eigenvalue weighted by Crippen LogP contribution is -2.32. The van der Waals surface area contributed by atoms with Gasteiger partial charge in [-0.2, -0.15) is 0 Å². The first-order valence-electron chi connectivity index (χ1n) is 6.72. The summed E-state index contributed by atoms with van der Waals surface area (Å²) in [7, 11) is 0. The number of pyridine rings is 1. The van der Waals surface area contributed by atoms with E-state index in [1.165, 1.54) is 19.3 Å². The summed E-state index contributed by atoms with van der Waals surface area (Å²) < 4.78 is 0. The zero-order valence-electron chi connectivity index (χ0n) is 11.6. The van der Waals surface area contributed by atoms with Crippen LogP contribution in [0.1, 0.15) is 45.7 Å². The molecule has 0 saturated carbocycles. The minimum absolute atomic E-state index is 0.383. The molecule has 3 nitrogen and oxygen atoms in total. The van der Waals surface area contributed by atoms with Gasteiger partial charge in [-0.05, 0) is 32.4 Å². The summed E-state index contributed by atoms with van der Waals surface area (Å²) >= 11 is 6.05. The molecule has 0 unspecified atom stereocenters. The van der Waals surface area contributed by atoms with Crippen LogP contribution in [0.5, 0.6) is 0 Å². The molecular weight excluding hydrogens is 246 g/mol. The second-order valence-corrected chi connectivity index (χ2v) is 5.20. The van der Waals surface area contributed by atoms with E-state index in [2.05, 4.69) is 30.7 Å². The lowest BCUT2D eigenvalue weighted by Gasteiger charge is -2.28. The maximum absolute atomic E-state index is 6.05. The van der Waals surface area contributed by atoms with E-state index >= 15 is 0 Å². The number of halogens is 1. The third-order valence-electron chi connectivity index (χ3n) is 3.02. The van der Waals surface area contributed by atoms with E-state index in [1.807, 2.05) is 12.1 Å². The van der Waals surface area contributed by atoms with Gasteiger partial charge in [-0.3, -0.25) is 0 Å². The van der Waals surface area contributed by atoms with Crippen LogP contribution in [0.15, 0.2) is 12.1 Å². The highest BCUT2D eigenvalue weighted by Crippen LogP contribution is 2.21. The minimum atomic E-state index is 0.383. The molecule has 0 aliphatic rings. The summed E-state index contributed by atoms with van der Waals surface area (Å²) in [6, 6.07) is 4.30. The number of hydrogen-bond donors (Lipinski definition) is 1. The van der Waals surface area contributed by atoms with Crippen LogP contribution in [-0.2, 0) is 6.54 Å². The number of rotatable bonds is 7. The average Bonchev–Trinajstić information content (AvgIpc) is 2.35. The second kappa shape index (κ2) is 7.59. The van der Waals surface area contributed by atoms with Crippen LogP contribution in [-0.4, -0.2) is 17.6 Å². The minimum Gasteiger partial charge on any atom is -0.354 e. The van der Waals surface area contributed by atoms with Gasteiger partial charge in [-0.1, -0.05) is 31.4 Å². The van der Waals surface area contributed by atoms with Gasteiger partial charge in [0.05, 0.1) is 10.7 Å². The molecule has 0 spiro atoms. The summed E-state index contributed by atoms with van der Waals surface area (Å²) in [5.41, 5.74) is 6.43. The van der Waals surface area contributed by atoms with Gasteiger partial charge in [0.2, 0.25) is 0 Å². The zero-order chi connectivity index (χ0) is 13.5. The maximum atomic E-state index is 6.05. The summed E-state index contributed by atoms with van der Waals surface area (Å²) in [5.74, 6) is 0.978. The fourth-order valence-electron chi connectivity index (χ4n) is 1.95. The molecule has 0 aliphatic carbocycles. The standard InChI is InChI=1S/C14H24ClN3/c1-4-5-6-9-18(11(2)3)14-8-7-12(15)13(10-16)17-14/h7-8,11H,4-6,9-10,16H2,1-3H3. The maximum Gasteiger partial charge on any atom is 0.129 e. The Kier molecular flexibility index (Phi) is 6.44. The Labute approximate surface area is 115 Å². The average molecular weight is 270 g/mol. The molecule has 4 heteroatoms. The summed E-state index contributed by atoms with van der Waals surface area (Å²) in [5, 5.41) is 0.651. The predicted molar refractivity (Wildman–Crippen MR) is 79.1 cm³/mol. The quantitative estimate of drug-likeness (QED) is 0.769. The number of unbranched alkanes of at least 4 members (excludes halogenated alkanes) is 2. The third-order valence-corrected chi connectivity index (χ3v) is 3.36. The van der Waals surface area contributed by atoms with Crippen molar-refractivity contribution in [2.24, 2.45) is 5.73 Å². The fraction of sp³-hybridized carbons (Fsp3) is 0.643. The highest BCUT2D eigenvalue weighted by molar-refractivity contribution is 6.31. The molecule has 1 heterocycles. The smallest absolute Gasteiger partial charge is 0.129 e. The van der Waals surface area contributed by atoms with Crippen molar-refractivity contribution in [2.75, 3.05) is 11.4 Å². The first-order chi connectivity index (χ1) is 8.60. The molecule has 1 aromatic heterocycles. The van der Waals surface area contributed by atoms with Crippen molar-refractivity contribution >= 4 is 17.4 Å². The van der Waals surface area contributed by atoms with E-state index in [4.69, 9.17) is 17.3 Å². The number of nitrogens with two attached hydrogens (primary N) is 1. The molecule has 0 aliphatic heterocycles. The molecule has 2 N–H and O–H groups in total. The normalized spacial score (nSPS) is 11.0. The molecule has 1 rings (SSSR count). The van der Waals surface area contributed by atoms with E-state index in [0.29, 0.717) is 17.6 Å². The Balaban J connectivity index is 2.84. The summed E-state index contributed by atoms with van der Waals surface area (Å²) in [6.45, 7) is 8.00. The third kappa shape index (κ3) is 4.14. The highest BCUT2D eigenvalue weighted by Gasteiger charge is 2.13. The van der Waals surface area contributed by atoms with Crippen LogP contribution >= 0.6 is 11.6 Å². The van der Waals surface area contributed by atoms with Gasteiger partial charge in [0.15, 0.2) is 0 Å². The van der Waals surface area contributed by atoms with Gasteiger partial charge in [0, 0.05) is 19.1 Å².